The molecule has 2 aromatic rings. The number of carbonyl (C=O) groups is 1. The molecule has 1 atom stereocenters. The van der Waals surface area contributed by atoms with Gasteiger partial charge in [-0.15, -0.1) is 0 Å². The van der Waals surface area contributed by atoms with Crippen LogP contribution in [-0.4, -0.2) is 27.5 Å². The fraction of sp³-hybridized carbons (Fsp3) is 0.286. The summed E-state index contributed by atoms with van der Waals surface area (Å²) in [5.41, 5.74) is 1.47. The van der Waals surface area contributed by atoms with Gasteiger partial charge in [0.25, 0.3) is 5.91 Å². The number of halogens is 1. The highest BCUT2D eigenvalue weighted by molar-refractivity contribution is 5.94. The topological polar surface area (TPSA) is 49.0 Å². The average Bonchev–Trinajstić information content (AvgIpc) is 3.09. The molecule has 0 saturated carbocycles. The Hall–Kier alpha value is -2.17. The van der Waals surface area contributed by atoms with Gasteiger partial charge in [0.15, 0.2) is 0 Å². The van der Waals surface area contributed by atoms with Crippen LogP contribution in [0.5, 0.6) is 0 Å². The van der Waals surface area contributed by atoms with Crippen molar-refractivity contribution in [2.45, 2.75) is 18.9 Å². The van der Waals surface area contributed by atoms with E-state index in [2.05, 4.69) is 10.2 Å². The van der Waals surface area contributed by atoms with Gasteiger partial charge in [-0.3, -0.25) is 9.89 Å². The molecule has 1 aromatic carbocycles. The van der Waals surface area contributed by atoms with Crippen LogP contribution >= 0.6 is 0 Å². The van der Waals surface area contributed by atoms with E-state index in [4.69, 9.17) is 0 Å². The van der Waals surface area contributed by atoms with E-state index in [0.29, 0.717) is 5.56 Å². The minimum absolute atomic E-state index is 0.0417. The second-order valence-electron chi connectivity index (χ2n) is 4.68. The third kappa shape index (κ3) is 2.23. The predicted octanol–water partition coefficient (Wildman–Crippen LogP) is 2.53. The number of rotatable bonds is 2. The maximum Gasteiger partial charge on any atom is 0.254 e. The first-order chi connectivity index (χ1) is 9.25. The molecule has 1 unspecified atom stereocenters. The van der Waals surface area contributed by atoms with Gasteiger partial charge >= 0.3 is 0 Å². The summed E-state index contributed by atoms with van der Waals surface area (Å²) in [6.07, 6.45) is 3.58. The lowest BCUT2D eigenvalue weighted by Crippen LogP contribution is -2.30. The Kier molecular flexibility index (Phi) is 3.03. The molecule has 0 spiro atoms. The second kappa shape index (κ2) is 4.84. The third-order valence-corrected chi connectivity index (χ3v) is 3.49. The van der Waals surface area contributed by atoms with Crippen LogP contribution in [0, 0.1) is 5.82 Å². The SMILES string of the molecule is O=C(c1ccc(F)cc1)N1CCCC1c1ccn[nH]1. The van der Waals surface area contributed by atoms with Crippen molar-refractivity contribution in [2.75, 3.05) is 6.54 Å². The average molecular weight is 259 g/mol. The molecule has 19 heavy (non-hydrogen) atoms. The summed E-state index contributed by atoms with van der Waals surface area (Å²) < 4.78 is 12.9. The van der Waals surface area contributed by atoms with Crippen molar-refractivity contribution >= 4 is 5.91 Å². The van der Waals surface area contributed by atoms with Crippen LogP contribution in [0.15, 0.2) is 36.5 Å². The number of hydrogen-bond acceptors (Lipinski definition) is 2. The van der Waals surface area contributed by atoms with E-state index in [1.54, 1.807) is 6.20 Å². The fourth-order valence-corrected chi connectivity index (χ4v) is 2.54. The summed E-state index contributed by atoms with van der Waals surface area (Å²) in [7, 11) is 0. The Balaban J connectivity index is 1.84. The summed E-state index contributed by atoms with van der Waals surface area (Å²) in [4.78, 5) is 14.3. The van der Waals surface area contributed by atoms with Crippen LogP contribution in [0.1, 0.15) is 34.9 Å². The number of benzene rings is 1. The predicted molar refractivity (Wildman–Crippen MR) is 68.0 cm³/mol. The van der Waals surface area contributed by atoms with Gasteiger partial charge in [-0.1, -0.05) is 0 Å². The van der Waals surface area contributed by atoms with Crippen LogP contribution in [0.4, 0.5) is 4.39 Å². The zero-order chi connectivity index (χ0) is 13.2. The van der Waals surface area contributed by atoms with Crippen LogP contribution in [-0.2, 0) is 0 Å². The molecular weight excluding hydrogens is 245 g/mol. The van der Waals surface area contributed by atoms with Crippen LogP contribution in [0.3, 0.4) is 0 Å². The Morgan fingerprint density at radius 1 is 1.32 bits per heavy atom. The standard InChI is InChI=1S/C14H14FN3O/c15-11-5-3-10(4-6-11)14(19)18-9-1-2-13(18)12-7-8-16-17-12/h3-8,13H,1-2,9H2,(H,16,17). The van der Waals surface area contributed by atoms with Gasteiger partial charge in [0.05, 0.1) is 11.7 Å². The number of H-pyrrole nitrogens is 1. The van der Waals surface area contributed by atoms with Gasteiger partial charge in [0.2, 0.25) is 0 Å². The smallest absolute Gasteiger partial charge is 0.254 e. The lowest BCUT2D eigenvalue weighted by molar-refractivity contribution is 0.0733. The fourth-order valence-electron chi connectivity index (χ4n) is 2.54. The first kappa shape index (κ1) is 11.9. The van der Waals surface area contributed by atoms with E-state index < -0.39 is 0 Å². The third-order valence-electron chi connectivity index (χ3n) is 3.49. The summed E-state index contributed by atoms with van der Waals surface area (Å²) in [5, 5.41) is 6.85. The van der Waals surface area contributed by atoms with Crippen molar-refractivity contribution in [3.8, 4) is 0 Å². The number of amides is 1. The van der Waals surface area contributed by atoms with Crippen molar-refractivity contribution < 1.29 is 9.18 Å². The highest BCUT2D eigenvalue weighted by atomic mass is 19.1. The molecule has 1 aliphatic heterocycles. The van der Waals surface area contributed by atoms with E-state index in [-0.39, 0.29) is 17.8 Å². The number of hydrogen-bond donors (Lipinski definition) is 1. The molecule has 1 fully saturated rings. The highest BCUT2D eigenvalue weighted by Crippen LogP contribution is 2.31. The van der Waals surface area contributed by atoms with Crippen molar-refractivity contribution in [1.29, 1.82) is 0 Å². The minimum Gasteiger partial charge on any atom is -0.330 e. The zero-order valence-corrected chi connectivity index (χ0v) is 10.3. The van der Waals surface area contributed by atoms with Crippen LogP contribution in [0.25, 0.3) is 0 Å². The Morgan fingerprint density at radius 3 is 2.79 bits per heavy atom. The largest absolute Gasteiger partial charge is 0.330 e. The Labute approximate surface area is 110 Å². The molecule has 5 heteroatoms. The van der Waals surface area contributed by atoms with Crippen molar-refractivity contribution in [1.82, 2.24) is 15.1 Å². The van der Waals surface area contributed by atoms with Crippen LogP contribution < -0.4 is 0 Å². The van der Waals surface area contributed by atoms with E-state index in [0.717, 1.165) is 25.1 Å². The van der Waals surface area contributed by atoms with Crippen molar-refractivity contribution in [3.05, 3.63) is 53.6 Å². The lowest BCUT2D eigenvalue weighted by atomic mass is 10.1. The van der Waals surface area contributed by atoms with Gasteiger partial charge in [-0.05, 0) is 43.2 Å². The van der Waals surface area contributed by atoms with Gasteiger partial charge in [-0.25, -0.2) is 4.39 Å². The first-order valence-corrected chi connectivity index (χ1v) is 6.31. The molecule has 0 radical (unpaired) electrons. The summed E-state index contributed by atoms with van der Waals surface area (Å²) in [5.74, 6) is -0.389. The maximum absolute atomic E-state index is 12.9. The molecule has 1 N–H and O–H groups in total. The zero-order valence-electron chi connectivity index (χ0n) is 10.3. The molecule has 4 nitrogen and oxygen atoms in total. The van der Waals surface area contributed by atoms with Gasteiger partial charge in [0.1, 0.15) is 5.82 Å². The minimum atomic E-state index is -0.330. The maximum atomic E-state index is 12.9. The van der Waals surface area contributed by atoms with E-state index >= 15 is 0 Å². The first-order valence-electron chi connectivity index (χ1n) is 6.31. The normalized spacial score (nSPS) is 18.8. The molecule has 0 bridgehead atoms. The monoisotopic (exact) mass is 259 g/mol. The molecule has 0 aliphatic carbocycles. The van der Waals surface area contributed by atoms with Crippen molar-refractivity contribution in [3.63, 3.8) is 0 Å². The molecule has 98 valence electrons. The molecule has 1 aromatic heterocycles. The van der Waals surface area contributed by atoms with E-state index in [1.807, 2.05) is 11.0 Å². The molecule has 1 saturated heterocycles. The Bertz CT molecular complexity index is 565. The summed E-state index contributed by atoms with van der Waals surface area (Å²) in [6.45, 7) is 0.722. The second-order valence-corrected chi connectivity index (χ2v) is 4.68. The summed E-state index contributed by atoms with van der Waals surface area (Å²) >= 11 is 0. The number of likely N-dealkylation sites (tertiary alicyclic amines) is 1. The van der Waals surface area contributed by atoms with Gasteiger partial charge in [-0.2, -0.15) is 5.10 Å². The van der Waals surface area contributed by atoms with Gasteiger partial charge < -0.3 is 4.90 Å². The molecule has 1 amide bonds. The lowest BCUT2D eigenvalue weighted by Gasteiger charge is -2.23. The number of carbonyl (C=O) groups excluding carboxylic acids is 1. The molecule has 3 rings (SSSR count). The highest BCUT2D eigenvalue weighted by Gasteiger charge is 2.31. The van der Waals surface area contributed by atoms with Crippen molar-refractivity contribution in [2.24, 2.45) is 0 Å². The number of aromatic nitrogens is 2. The number of nitrogens with one attached hydrogen (secondary N) is 1. The number of nitrogens with zero attached hydrogens (tertiary/aromatic N) is 2. The van der Waals surface area contributed by atoms with Crippen LogP contribution in [0.2, 0.25) is 0 Å². The van der Waals surface area contributed by atoms with E-state index in [1.165, 1.54) is 24.3 Å². The van der Waals surface area contributed by atoms with Gasteiger partial charge in [0, 0.05) is 18.3 Å². The molecule has 2 heterocycles. The molecule has 1 aliphatic rings. The Morgan fingerprint density at radius 2 is 2.11 bits per heavy atom. The quantitative estimate of drug-likeness (QED) is 0.901. The summed E-state index contributed by atoms with van der Waals surface area (Å²) in [6, 6.07) is 7.62. The number of aromatic amines is 1. The van der Waals surface area contributed by atoms with E-state index in [9.17, 15) is 9.18 Å². The molecular formula is C14H14FN3O.